The Kier molecular flexibility index (Phi) is 35.1. The van der Waals surface area contributed by atoms with E-state index in [1.165, 1.54) is 0 Å². The van der Waals surface area contributed by atoms with E-state index in [4.69, 9.17) is 10.6 Å². The molecule has 0 aliphatic rings. The maximum Gasteiger partial charge on any atom is 1.00 e. The van der Waals surface area contributed by atoms with Gasteiger partial charge >= 0.3 is 59.4 Å². The van der Waals surface area contributed by atoms with Crippen LogP contribution in [-0.2, 0) is 49.4 Å². The summed E-state index contributed by atoms with van der Waals surface area (Å²) in [5.41, 5.74) is 1.71. The Morgan fingerprint density at radius 3 is 1.85 bits per heavy atom. The fourth-order valence-electron chi connectivity index (χ4n) is 2.05. The van der Waals surface area contributed by atoms with Crippen LogP contribution >= 0.6 is 12.4 Å². The Labute approximate surface area is 266 Å². The van der Waals surface area contributed by atoms with Gasteiger partial charge in [0.15, 0.2) is 0 Å². The van der Waals surface area contributed by atoms with Crippen molar-refractivity contribution in [1.82, 2.24) is 15.2 Å². The van der Waals surface area contributed by atoms with Gasteiger partial charge in [0, 0.05) is 12.1 Å². The summed E-state index contributed by atoms with van der Waals surface area (Å²) in [7, 11) is 0. The van der Waals surface area contributed by atoms with Crippen LogP contribution in [0.5, 0.6) is 0 Å². The number of hydrazine groups is 1. The number of hydrogen-bond donors (Lipinski definition) is 3. The van der Waals surface area contributed by atoms with Crippen LogP contribution in [0.3, 0.4) is 0 Å². The topological polar surface area (TPSA) is 230 Å². The first-order chi connectivity index (χ1) is 18.0. The van der Waals surface area contributed by atoms with Gasteiger partial charge in [0.2, 0.25) is 0 Å². The SMILES string of the molecule is C.CCOC(=O)/C=C(\[O-])C(=O)OCC.CCOC(=O)CNN.CCOC(=O)Cn1[nH]c(C(=O)OCC)cc1=O.Cl.[Na+]. The van der Waals surface area contributed by atoms with Crippen LogP contribution in [0.4, 0.5) is 0 Å². The van der Waals surface area contributed by atoms with Gasteiger partial charge in [0.25, 0.3) is 5.56 Å². The molecule has 0 radical (unpaired) electrons. The number of carbonyl (C=O) groups is 5. The molecule has 0 amide bonds. The van der Waals surface area contributed by atoms with Crippen molar-refractivity contribution < 1.29 is 82.3 Å². The largest absolute Gasteiger partial charge is 1.00 e. The Morgan fingerprint density at radius 1 is 0.902 bits per heavy atom. The summed E-state index contributed by atoms with van der Waals surface area (Å²) in [6.45, 7) is 9.16. The van der Waals surface area contributed by atoms with Gasteiger partial charge in [-0.05, 0) is 40.4 Å². The van der Waals surface area contributed by atoms with E-state index in [1.807, 2.05) is 0 Å². The summed E-state index contributed by atoms with van der Waals surface area (Å²) < 4.78 is 23.7. The molecule has 0 atom stereocenters. The van der Waals surface area contributed by atoms with Crippen LogP contribution in [0.2, 0.25) is 0 Å². The molecule has 1 aromatic rings. The van der Waals surface area contributed by atoms with Crippen molar-refractivity contribution >= 4 is 42.3 Å². The molecule has 1 heterocycles. The summed E-state index contributed by atoms with van der Waals surface area (Å²) in [5, 5.41) is 13.3. The van der Waals surface area contributed by atoms with Gasteiger partial charge < -0.3 is 28.8 Å². The van der Waals surface area contributed by atoms with Gasteiger partial charge in [0.05, 0.1) is 33.0 Å². The molecule has 0 fully saturated rings. The monoisotopic (exact) mass is 622 g/mol. The van der Waals surface area contributed by atoms with Crippen LogP contribution in [0.25, 0.3) is 0 Å². The van der Waals surface area contributed by atoms with Crippen LogP contribution in [0.15, 0.2) is 22.7 Å². The van der Waals surface area contributed by atoms with Crippen LogP contribution in [0, 0.1) is 0 Å². The van der Waals surface area contributed by atoms with E-state index >= 15 is 0 Å². The maximum absolute atomic E-state index is 11.4. The molecule has 0 aliphatic heterocycles. The Hall–Kier alpha value is -2.89. The number of carbonyl (C=O) groups excluding carboxylic acids is 5. The number of nitrogens with zero attached hydrogens (tertiary/aromatic N) is 1. The molecule has 0 aromatic carbocycles. The fraction of sp³-hybridized carbons (Fsp3) is 0.565. The number of H-pyrrole nitrogens is 1. The number of aromatic nitrogens is 2. The van der Waals surface area contributed by atoms with Crippen molar-refractivity contribution in [2.24, 2.45) is 5.84 Å². The second-order valence-electron chi connectivity index (χ2n) is 6.29. The summed E-state index contributed by atoms with van der Waals surface area (Å²) >= 11 is 0. The summed E-state index contributed by atoms with van der Waals surface area (Å²) in [4.78, 5) is 65.5. The molecular formula is C23H40ClN4NaO12. The van der Waals surface area contributed by atoms with Gasteiger partial charge in [-0.3, -0.25) is 25.3 Å². The summed E-state index contributed by atoms with van der Waals surface area (Å²) in [5.74, 6) is 0.425. The molecule has 0 saturated heterocycles. The number of hydrogen-bond acceptors (Lipinski definition) is 14. The molecule has 0 aliphatic carbocycles. The van der Waals surface area contributed by atoms with E-state index in [0.29, 0.717) is 12.7 Å². The predicted molar refractivity (Wildman–Crippen MR) is 142 cm³/mol. The molecular weight excluding hydrogens is 583 g/mol. The normalized spacial score (nSPS) is 9.27. The van der Waals surface area contributed by atoms with Crippen molar-refractivity contribution in [3.05, 3.63) is 33.9 Å². The number of esters is 5. The van der Waals surface area contributed by atoms with Crippen molar-refractivity contribution in [3.8, 4) is 0 Å². The molecule has 16 nitrogen and oxygen atoms in total. The number of nitrogens with two attached hydrogens (primary N) is 1. The standard InChI is InChI=1S/C10H14N2O5.C8H12O5.C4H10N2O2.CH4.ClH.Na/c1-3-16-9(14)6-12-8(13)5-7(11-12)10(15)17-4-2;1-3-12-7(10)5-6(9)8(11)13-4-2;1-2-8-4(7)3-6-5;;;/h5,11H,3-4,6H2,1-2H3;5,9H,3-4H2,1-2H3;6H,2-3,5H2,1H3;1H4;1H;/q;;;;;+1/p-1/b;6-5-;;;;. The van der Waals surface area contributed by atoms with Crippen LogP contribution in [-0.4, -0.2) is 79.2 Å². The van der Waals surface area contributed by atoms with Gasteiger partial charge in [0.1, 0.15) is 18.8 Å². The average molecular weight is 623 g/mol. The van der Waals surface area contributed by atoms with E-state index < -0.39 is 35.2 Å². The first-order valence-electron chi connectivity index (χ1n) is 11.4. The molecule has 0 unspecified atom stereocenters. The zero-order valence-corrected chi connectivity index (χ0v) is 26.3. The van der Waals surface area contributed by atoms with Gasteiger partial charge in [-0.1, -0.05) is 7.43 Å². The third-order valence-corrected chi connectivity index (χ3v) is 3.44. The van der Waals surface area contributed by atoms with Crippen LogP contribution < -0.4 is 51.5 Å². The van der Waals surface area contributed by atoms with Gasteiger partial charge in [-0.2, -0.15) is 0 Å². The minimum absolute atomic E-state index is 0. The Morgan fingerprint density at radius 2 is 1.39 bits per heavy atom. The molecule has 232 valence electrons. The van der Waals surface area contributed by atoms with E-state index in [1.54, 1.807) is 34.6 Å². The molecule has 4 N–H and O–H groups in total. The number of ether oxygens (including phenoxy) is 5. The average Bonchev–Trinajstić information content (AvgIpc) is 3.21. The molecule has 0 spiro atoms. The predicted octanol–water partition coefficient (Wildman–Crippen LogP) is -3.65. The third kappa shape index (κ3) is 24.6. The van der Waals surface area contributed by atoms with Crippen molar-refractivity contribution in [2.45, 2.75) is 48.6 Å². The zero-order chi connectivity index (χ0) is 29.5. The number of rotatable bonds is 12. The van der Waals surface area contributed by atoms with E-state index in [9.17, 15) is 33.9 Å². The van der Waals surface area contributed by atoms with E-state index in [-0.39, 0.29) is 101 Å². The minimum Gasteiger partial charge on any atom is -0.867 e. The summed E-state index contributed by atoms with van der Waals surface area (Å²) in [6.07, 6.45) is 0.571. The molecule has 41 heavy (non-hydrogen) atoms. The van der Waals surface area contributed by atoms with Gasteiger partial charge in [-0.25, -0.2) is 24.5 Å². The van der Waals surface area contributed by atoms with Crippen LogP contribution in [0.1, 0.15) is 52.5 Å². The second kappa shape index (κ2) is 30.1. The third-order valence-electron chi connectivity index (χ3n) is 3.44. The molecule has 18 heteroatoms. The van der Waals surface area contributed by atoms with Gasteiger partial charge in [-0.15, -0.1) is 12.4 Å². The molecule has 1 aromatic heterocycles. The van der Waals surface area contributed by atoms with Crippen molar-refractivity contribution in [3.63, 3.8) is 0 Å². The van der Waals surface area contributed by atoms with E-state index in [2.05, 4.69) is 29.5 Å². The van der Waals surface area contributed by atoms with Crippen molar-refractivity contribution in [1.29, 1.82) is 0 Å². The number of aromatic amines is 1. The quantitative estimate of drug-likeness (QED) is 0.0388. The second-order valence-corrected chi connectivity index (χ2v) is 6.29. The minimum atomic E-state index is -1.05. The Balaban J connectivity index is -0.000000162. The molecule has 1 rings (SSSR count). The zero-order valence-electron chi connectivity index (χ0n) is 23.4. The summed E-state index contributed by atoms with van der Waals surface area (Å²) in [6, 6.07) is 1.08. The molecule has 0 saturated carbocycles. The smallest absolute Gasteiger partial charge is 0.867 e. The fourth-order valence-corrected chi connectivity index (χ4v) is 2.05. The van der Waals surface area contributed by atoms with Crippen molar-refractivity contribution in [2.75, 3.05) is 39.6 Å². The number of halogens is 1. The van der Waals surface area contributed by atoms with E-state index in [0.717, 1.165) is 10.7 Å². The molecule has 0 bridgehead atoms. The Bertz CT molecular complexity index is 974. The first-order valence-corrected chi connectivity index (χ1v) is 11.4. The maximum atomic E-state index is 11.4. The number of nitrogens with one attached hydrogen (secondary N) is 2. The first kappa shape index (κ1) is 47.9.